The fraction of sp³-hybridized carbons (Fsp3) is 0.417. The molecule has 4 rings (SSSR count). The van der Waals surface area contributed by atoms with Gasteiger partial charge in [-0.1, -0.05) is 0 Å². The van der Waals surface area contributed by atoms with Gasteiger partial charge in [-0.15, -0.1) is 0 Å². The van der Waals surface area contributed by atoms with Gasteiger partial charge in [-0.2, -0.15) is 18.3 Å². The summed E-state index contributed by atoms with van der Waals surface area (Å²) in [6.07, 6.45) is -2.59. The zero-order chi connectivity index (χ0) is 26.9. The number of nitrogens with zero attached hydrogens (tertiary/aromatic N) is 6. The smallest absolute Gasteiger partial charge is 0.420 e. The molecule has 3 aromatic rings. The van der Waals surface area contributed by atoms with Crippen molar-refractivity contribution < 1.29 is 27.1 Å². The highest BCUT2D eigenvalue weighted by molar-refractivity contribution is 5.96. The molecule has 0 unspecified atom stereocenters. The number of rotatable bonds is 6. The summed E-state index contributed by atoms with van der Waals surface area (Å²) < 4.78 is 62.5. The van der Waals surface area contributed by atoms with Crippen LogP contribution in [0.1, 0.15) is 29.8 Å². The second-order valence-corrected chi connectivity index (χ2v) is 8.91. The minimum atomic E-state index is -4.71. The summed E-state index contributed by atoms with van der Waals surface area (Å²) in [6.45, 7) is 6.46. The van der Waals surface area contributed by atoms with Gasteiger partial charge in [0.1, 0.15) is 28.5 Å². The number of hydrogen-bond donors (Lipinski definition) is 1. The van der Waals surface area contributed by atoms with Crippen LogP contribution in [0.4, 0.5) is 29.2 Å². The number of carbonyl (C=O) groups is 1. The highest BCUT2D eigenvalue weighted by atomic mass is 19.4. The lowest BCUT2D eigenvalue weighted by atomic mass is 10.1. The molecule has 1 aliphatic heterocycles. The first-order valence-electron chi connectivity index (χ1n) is 11.6. The molecule has 0 aliphatic carbocycles. The number of piperazine rings is 1. The van der Waals surface area contributed by atoms with Crippen LogP contribution in [0.2, 0.25) is 0 Å². The lowest BCUT2D eigenvalue weighted by Gasteiger charge is -2.37. The van der Waals surface area contributed by atoms with Crippen LogP contribution in [0, 0.1) is 5.82 Å². The molecule has 3 heterocycles. The Morgan fingerprint density at radius 3 is 2.43 bits per heavy atom. The van der Waals surface area contributed by atoms with Crippen molar-refractivity contribution in [1.29, 1.82) is 0 Å². The van der Waals surface area contributed by atoms with Crippen molar-refractivity contribution in [3.63, 3.8) is 0 Å². The van der Waals surface area contributed by atoms with Crippen LogP contribution in [0.15, 0.2) is 30.6 Å². The van der Waals surface area contributed by atoms with E-state index in [0.717, 1.165) is 6.07 Å². The van der Waals surface area contributed by atoms with Crippen LogP contribution in [0.25, 0.3) is 11.4 Å². The molecule has 1 N–H and O–H groups in total. The second kappa shape index (κ2) is 10.3. The van der Waals surface area contributed by atoms with Crippen molar-refractivity contribution in [2.75, 3.05) is 38.6 Å². The average Bonchev–Trinajstić information content (AvgIpc) is 3.29. The van der Waals surface area contributed by atoms with Crippen LogP contribution in [0.5, 0.6) is 5.75 Å². The van der Waals surface area contributed by atoms with Gasteiger partial charge in [0.2, 0.25) is 5.95 Å². The Balaban J connectivity index is 1.62. The van der Waals surface area contributed by atoms with Crippen molar-refractivity contribution in [2.24, 2.45) is 7.05 Å². The number of anilines is 2. The number of aromatic nitrogens is 4. The average molecular weight is 522 g/mol. The lowest BCUT2D eigenvalue weighted by molar-refractivity contribution is -0.137. The fourth-order valence-corrected chi connectivity index (χ4v) is 4.10. The molecule has 1 amide bonds. The minimum Gasteiger partial charge on any atom is -0.495 e. The molecule has 13 heteroatoms. The van der Waals surface area contributed by atoms with Gasteiger partial charge in [0.15, 0.2) is 0 Å². The molecule has 0 saturated carbocycles. The molecular weight excluding hydrogens is 494 g/mol. The van der Waals surface area contributed by atoms with Crippen LogP contribution in [0.3, 0.4) is 0 Å². The van der Waals surface area contributed by atoms with Crippen molar-refractivity contribution in [3.05, 3.63) is 47.5 Å². The molecule has 1 aliphatic rings. The van der Waals surface area contributed by atoms with Gasteiger partial charge in [0, 0.05) is 57.7 Å². The molecule has 37 heavy (non-hydrogen) atoms. The second-order valence-electron chi connectivity index (χ2n) is 8.91. The lowest BCUT2D eigenvalue weighted by Crippen LogP contribution is -2.50. The van der Waals surface area contributed by atoms with E-state index in [4.69, 9.17) is 4.74 Å². The van der Waals surface area contributed by atoms with Crippen LogP contribution in [-0.2, 0) is 13.2 Å². The van der Waals surface area contributed by atoms with E-state index in [0.29, 0.717) is 38.4 Å². The summed E-state index contributed by atoms with van der Waals surface area (Å²) in [6, 6.07) is 4.05. The Kier molecular flexibility index (Phi) is 7.35. The summed E-state index contributed by atoms with van der Waals surface area (Å²) in [7, 11) is 2.90. The normalized spacial score (nSPS) is 14.8. The first kappa shape index (κ1) is 26.3. The number of aryl methyl sites for hydroxylation is 1. The van der Waals surface area contributed by atoms with Gasteiger partial charge in [-0.25, -0.2) is 14.4 Å². The van der Waals surface area contributed by atoms with Crippen molar-refractivity contribution in [2.45, 2.75) is 26.1 Å². The molecule has 198 valence electrons. The Morgan fingerprint density at radius 1 is 1.16 bits per heavy atom. The zero-order valence-corrected chi connectivity index (χ0v) is 20.8. The first-order valence-corrected chi connectivity index (χ1v) is 11.6. The third-order valence-electron chi connectivity index (χ3n) is 6.15. The molecule has 9 nitrogen and oxygen atoms in total. The van der Waals surface area contributed by atoms with Gasteiger partial charge in [-0.05, 0) is 26.0 Å². The third kappa shape index (κ3) is 5.66. The maximum atomic E-state index is 15.1. The number of carbonyl (C=O) groups excluding carboxylic acids is 1. The highest BCUT2D eigenvalue weighted by Gasteiger charge is 2.36. The molecule has 0 spiro atoms. The maximum Gasteiger partial charge on any atom is 0.420 e. The molecule has 0 bridgehead atoms. The number of nitrogens with one attached hydrogen (secondary N) is 1. The predicted molar refractivity (Wildman–Crippen MR) is 128 cm³/mol. The Labute approximate surface area is 211 Å². The van der Waals surface area contributed by atoms with Gasteiger partial charge in [-0.3, -0.25) is 14.4 Å². The van der Waals surface area contributed by atoms with Crippen LogP contribution >= 0.6 is 0 Å². The van der Waals surface area contributed by atoms with Gasteiger partial charge in [0.05, 0.1) is 18.4 Å². The number of ether oxygens (including phenoxy) is 1. The number of amides is 1. The largest absolute Gasteiger partial charge is 0.495 e. The van der Waals surface area contributed by atoms with E-state index >= 15 is 4.39 Å². The SMILES string of the molecule is COc1cc(C(=O)N2CCN(C(C)C)CC2)c(F)cc1Nc1ncc(C(F)(F)F)c(-c2ccn(C)n2)n1. The molecule has 1 fully saturated rings. The Hall–Kier alpha value is -3.74. The van der Waals surface area contributed by atoms with E-state index < -0.39 is 29.2 Å². The van der Waals surface area contributed by atoms with E-state index in [9.17, 15) is 18.0 Å². The van der Waals surface area contributed by atoms with Gasteiger partial charge in [0.25, 0.3) is 5.91 Å². The molecule has 2 aromatic heterocycles. The van der Waals surface area contributed by atoms with Crippen LogP contribution < -0.4 is 10.1 Å². The van der Waals surface area contributed by atoms with Crippen molar-refractivity contribution in [3.8, 4) is 17.1 Å². The van der Waals surface area contributed by atoms with Crippen molar-refractivity contribution in [1.82, 2.24) is 29.5 Å². The summed E-state index contributed by atoms with van der Waals surface area (Å²) in [5.41, 5.74) is -1.61. The monoisotopic (exact) mass is 521 g/mol. The topological polar surface area (TPSA) is 88.4 Å². The molecule has 0 radical (unpaired) electrons. The minimum absolute atomic E-state index is 0.00284. The van der Waals surface area contributed by atoms with E-state index in [1.54, 1.807) is 11.9 Å². The molecule has 1 saturated heterocycles. The standard InChI is InChI=1S/C24H27F4N7O2/c1-14(2)34-7-9-35(10-8-34)22(36)15-11-20(37-4)19(12-17(15)25)30-23-29-13-16(24(26,27)28)21(31-23)18-5-6-33(3)32-18/h5-6,11-14H,7-10H2,1-4H3,(H,29,30,31). The molecule has 1 aromatic carbocycles. The molecular formula is C24H27F4N7O2. The van der Waals surface area contributed by atoms with E-state index in [1.807, 2.05) is 0 Å². The van der Waals surface area contributed by atoms with Gasteiger partial charge >= 0.3 is 6.18 Å². The Morgan fingerprint density at radius 2 is 1.86 bits per heavy atom. The molecule has 0 atom stereocenters. The van der Waals surface area contributed by atoms with E-state index in [2.05, 4.69) is 39.1 Å². The van der Waals surface area contributed by atoms with Crippen LogP contribution in [-0.4, -0.2) is 74.8 Å². The highest BCUT2D eigenvalue weighted by Crippen LogP contribution is 2.36. The maximum absolute atomic E-state index is 15.1. The number of benzene rings is 1. The summed E-state index contributed by atoms with van der Waals surface area (Å²) in [4.78, 5) is 24.6. The number of alkyl halides is 3. The van der Waals surface area contributed by atoms with Gasteiger partial charge < -0.3 is 15.0 Å². The first-order chi connectivity index (χ1) is 17.5. The number of halogens is 4. The Bertz CT molecular complexity index is 1280. The summed E-state index contributed by atoms with van der Waals surface area (Å²) in [5.74, 6) is -1.39. The quantitative estimate of drug-likeness (QED) is 0.492. The third-order valence-corrected chi connectivity index (χ3v) is 6.15. The number of methoxy groups -OCH3 is 1. The van der Waals surface area contributed by atoms with E-state index in [1.165, 1.54) is 30.1 Å². The number of hydrogen-bond acceptors (Lipinski definition) is 7. The summed E-state index contributed by atoms with van der Waals surface area (Å²) >= 11 is 0. The zero-order valence-electron chi connectivity index (χ0n) is 20.8. The summed E-state index contributed by atoms with van der Waals surface area (Å²) in [5, 5.41) is 6.71. The fourth-order valence-electron chi connectivity index (χ4n) is 4.10. The van der Waals surface area contributed by atoms with Crippen molar-refractivity contribution >= 4 is 17.5 Å². The van der Waals surface area contributed by atoms with E-state index in [-0.39, 0.29) is 28.6 Å². The predicted octanol–water partition coefficient (Wildman–Crippen LogP) is 3.95.